The molecule has 0 unspecified atom stereocenters. The number of piperazine rings is 1. The molecule has 2 aliphatic rings. The summed E-state index contributed by atoms with van der Waals surface area (Å²) in [6.45, 7) is 7.24. The molecule has 4 aromatic carbocycles. The van der Waals surface area contributed by atoms with Crippen LogP contribution < -0.4 is 10.2 Å². The highest BCUT2D eigenvalue weighted by Gasteiger charge is 2.30. The molecule has 1 aliphatic heterocycles. The van der Waals surface area contributed by atoms with E-state index in [4.69, 9.17) is 4.98 Å². The smallest absolute Gasteiger partial charge is 0.210 e. The lowest BCUT2D eigenvalue weighted by Gasteiger charge is -2.36. The summed E-state index contributed by atoms with van der Waals surface area (Å²) in [7, 11) is 0. The van der Waals surface area contributed by atoms with Crippen molar-refractivity contribution in [3.63, 3.8) is 0 Å². The van der Waals surface area contributed by atoms with E-state index < -0.39 is 0 Å². The third-order valence-corrected chi connectivity index (χ3v) is 9.77. The van der Waals surface area contributed by atoms with E-state index in [0.29, 0.717) is 6.04 Å². The van der Waals surface area contributed by atoms with Crippen molar-refractivity contribution in [2.24, 2.45) is 0 Å². The molecule has 7 nitrogen and oxygen atoms in total. The number of benzene rings is 4. The summed E-state index contributed by atoms with van der Waals surface area (Å²) in [5.74, 6) is 0.653. The monoisotopic (exact) mass is 615 g/mol. The van der Waals surface area contributed by atoms with E-state index in [-0.39, 0.29) is 5.82 Å². The minimum absolute atomic E-state index is 0.239. The van der Waals surface area contributed by atoms with E-state index in [1.54, 1.807) is 11.3 Å². The Morgan fingerprint density at radius 1 is 0.800 bits per heavy atom. The number of hydrogen-bond acceptors (Lipinski definition) is 7. The van der Waals surface area contributed by atoms with E-state index >= 15 is 0 Å². The molecule has 2 fully saturated rings. The highest BCUT2D eigenvalue weighted by molar-refractivity contribution is 7.18. The van der Waals surface area contributed by atoms with Gasteiger partial charge in [-0.15, -0.1) is 10.2 Å². The summed E-state index contributed by atoms with van der Waals surface area (Å²) in [4.78, 5) is 10.1. The fourth-order valence-corrected chi connectivity index (χ4v) is 7.00. The Balaban J connectivity index is 1.15. The Morgan fingerprint density at radius 3 is 2.20 bits per heavy atom. The first-order valence-corrected chi connectivity index (χ1v) is 16.5. The molecule has 0 spiro atoms. The van der Waals surface area contributed by atoms with E-state index in [2.05, 4.69) is 97.5 Å². The lowest BCUT2D eigenvalue weighted by atomic mass is 10.0. The topological polar surface area (TPSA) is 62.1 Å². The second-order valence-electron chi connectivity index (χ2n) is 11.8. The molecular weight excluding hydrogens is 582 g/mol. The molecule has 1 N–H and O–H groups in total. The van der Waals surface area contributed by atoms with Gasteiger partial charge in [0, 0.05) is 43.3 Å². The summed E-state index contributed by atoms with van der Waals surface area (Å²) in [6.07, 6.45) is 2.26. The van der Waals surface area contributed by atoms with Crippen LogP contribution in [0.25, 0.3) is 44.1 Å². The number of fused-ring (bicyclic) bond motifs is 1. The van der Waals surface area contributed by atoms with Gasteiger partial charge in [-0.1, -0.05) is 72.9 Å². The number of anilines is 3. The number of nitrogens with one attached hydrogen (secondary N) is 1. The molecule has 6 aromatic rings. The predicted octanol–water partition coefficient (Wildman–Crippen LogP) is 8.25. The van der Waals surface area contributed by atoms with Crippen LogP contribution in [0.1, 0.15) is 25.8 Å². The van der Waals surface area contributed by atoms with Gasteiger partial charge in [-0.05, 0) is 66.9 Å². The molecule has 0 radical (unpaired) electrons. The minimum Gasteiger partial charge on any atom is -0.367 e. The fourth-order valence-electron chi connectivity index (χ4n) is 6.24. The van der Waals surface area contributed by atoms with Crippen LogP contribution in [0.15, 0.2) is 91.0 Å². The number of rotatable bonds is 8. The van der Waals surface area contributed by atoms with Gasteiger partial charge in [0.15, 0.2) is 0 Å². The van der Waals surface area contributed by atoms with Crippen LogP contribution in [0.4, 0.5) is 20.9 Å². The van der Waals surface area contributed by atoms with Crippen LogP contribution in [0.2, 0.25) is 0 Å². The minimum atomic E-state index is -0.239. The van der Waals surface area contributed by atoms with Gasteiger partial charge in [-0.25, -0.2) is 9.37 Å². The lowest BCUT2D eigenvalue weighted by molar-refractivity contribution is 0.271. The van der Waals surface area contributed by atoms with Crippen LogP contribution in [0.3, 0.4) is 0 Å². The third-order valence-electron chi connectivity index (χ3n) is 8.89. The van der Waals surface area contributed by atoms with Crippen LogP contribution in [-0.4, -0.2) is 57.4 Å². The number of imidazole rings is 1. The van der Waals surface area contributed by atoms with Crippen molar-refractivity contribution in [2.45, 2.75) is 25.8 Å². The summed E-state index contributed by atoms with van der Waals surface area (Å²) in [6, 6.07) is 30.4. The zero-order valence-corrected chi connectivity index (χ0v) is 26.0. The molecule has 9 heteroatoms. The van der Waals surface area contributed by atoms with Crippen LogP contribution >= 0.6 is 11.3 Å². The SMILES string of the molecule is CCN1CCN(c2cc3c(cc2Nc2nnc(-c4ccc(-c5ccccc5)cc4)s2)nc(-c2ccc(F)cc2)n3C2CC2)CC1. The Bertz CT molecular complexity index is 1940. The van der Waals surface area contributed by atoms with Gasteiger partial charge in [0.1, 0.15) is 16.6 Å². The van der Waals surface area contributed by atoms with Gasteiger partial charge in [-0.2, -0.15) is 0 Å². The molecule has 8 rings (SSSR count). The molecule has 1 saturated carbocycles. The Kier molecular flexibility index (Phi) is 7.27. The van der Waals surface area contributed by atoms with Gasteiger partial charge < -0.3 is 19.7 Å². The van der Waals surface area contributed by atoms with Crippen molar-refractivity contribution >= 4 is 38.9 Å². The van der Waals surface area contributed by atoms with E-state index in [0.717, 1.165) is 95.1 Å². The van der Waals surface area contributed by atoms with Crippen molar-refractivity contribution in [3.8, 4) is 33.1 Å². The quantitative estimate of drug-likeness (QED) is 0.186. The van der Waals surface area contributed by atoms with Crippen LogP contribution in [0.5, 0.6) is 0 Å². The molecule has 1 aliphatic carbocycles. The molecule has 1 saturated heterocycles. The molecule has 2 aromatic heterocycles. The number of hydrogen-bond donors (Lipinski definition) is 1. The van der Waals surface area contributed by atoms with Crippen molar-refractivity contribution in [3.05, 3.63) is 96.8 Å². The number of aromatic nitrogens is 4. The molecule has 0 atom stereocenters. The highest BCUT2D eigenvalue weighted by atomic mass is 32.1. The van der Waals surface area contributed by atoms with E-state index in [1.165, 1.54) is 23.3 Å². The second kappa shape index (κ2) is 11.7. The number of likely N-dealkylation sites (N-methyl/N-ethyl adjacent to an activating group) is 1. The first kappa shape index (κ1) is 27.9. The summed E-state index contributed by atoms with van der Waals surface area (Å²) >= 11 is 1.55. The molecule has 226 valence electrons. The maximum atomic E-state index is 13.8. The molecular formula is C36H34FN7S. The standard InChI is InChI=1S/C36H34FN7S/c1-2-42-18-20-43(21-19-42)32-23-33-31(38-34(44(33)29-16-17-29)26-12-14-28(37)15-13-26)22-30(32)39-36-41-40-35(45-36)27-10-8-25(9-11-27)24-6-4-3-5-7-24/h3-15,22-23,29H,2,16-21H2,1H3,(H,39,41). The molecule has 3 heterocycles. The number of halogens is 1. The van der Waals surface area contributed by atoms with Gasteiger partial charge in [0.2, 0.25) is 5.13 Å². The first-order chi connectivity index (χ1) is 22.1. The number of nitrogens with zero attached hydrogens (tertiary/aromatic N) is 6. The summed E-state index contributed by atoms with van der Waals surface area (Å²) in [5.41, 5.74) is 8.49. The van der Waals surface area contributed by atoms with Gasteiger partial charge >= 0.3 is 0 Å². The zero-order valence-electron chi connectivity index (χ0n) is 25.2. The van der Waals surface area contributed by atoms with Crippen molar-refractivity contribution in [2.75, 3.05) is 42.9 Å². The van der Waals surface area contributed by atoms with Crippen molar-refractivity contribution < 1.29 is 4.39 Å². The Labute approximate surface area is 266 Å². The molecule has 0 bridgehead atoms. The average Bonchev–Trinajstić information content (AvgIpc) is 3.70. The zero-order chi connectivity index (χ0) is 30.3. The largest absolute Gasteiger partial charge is 0.367 e. The predicted molar refractivity (Wildman–Crippen MR) is 182 cm³/mol. The van der Waals surface area contributed by atoms with Crippen molar-refractivity contribution in [1.29, 1.82) is 0 Å². The first-order valence-electron chi connectivity index (χ1n) is 15.7. The molecule has 0 amide bonds. The van der Waals surface area contributed by atoms with Gasteiger partial charge in [0.05, 0.1) is 22.4 Å². The van der Waals surface area contributed by atoms with Crippen LogP contribution in [0, 0.1) is 5.82 Å². The second-order valence-corrected chi connectivity index (χ2v) is 12.8. The maximum absolute atomic E-state index is 13.8. The third kappa shape index (κ3) is 5.58. The maximum Gasteiger partial charge on any atom is 0.210 e. The van der Waals surface area contributed by atoms with Gasteiger partial charge in [0.25, 0.3) is 0 Å². The molecule has 45 heavy (non-hydrogen) atoms. The van der Waals surface area contributed by atoms with Gasteiger partial charge in [-0.3, -0.25) is 0 Å². The van der Waals surface area contributed by atoms with Crippen molar-refractivity contribution in [1.82, 2.24) is 24.6 Å². The lowest BCUT2D eigenvalue weighted by Crippen LogP contribution is -2.46. The fraction of sp³-hybridized carbons (Fsp3) is 0.250. The summed E-state index contributed by atoms with van der Waals surface area (Å²) in [5, 5.41) is 14.3. The Morgan fingerprint density at radius 2 is 1.49 bits per heavy atom. The summed E-state index contributed by atoms with van der Waals surface area (Å²) < 4.78 is 16.2. The van der Waals surface area contributed by atoms with Crippen LogP contribution in [-0.2, 0) is 0 Å². The van der Waals surface area contributed by atoms with E-state index in [1.807, 2.05) is 18.2 Å². The van der Waals surface area contributed by atoms with E-state index in [9.17, 15) is 4.39 Å². The average molecular weight is 616 g/mol. The normalized spacial score (nSPS) is 15.6. The Hall–Kier alpha value is -4.60. The highest BCUT2D eigenvalue weighted by Crippen LogP contribution is 2.44.